The van der Waals surface area contributed by atoms with E-state index in [1.54, 1.807) is 16.4 Å². The predicted octanol–water partition coefficient (Wildman–Crippen LogP) is 3.20. The van der Waals surface area contributed by atoms with Crippen molar-refractivity contribution in [3.05, 3.63) is 65.9 Å². The van der Waals surface area contributed by atoms with Crippen LogP contribution in [0.3, 0.4) is 0 Å². The van der Waals surface area contributed by atoms with Gasteiger partial charge in [0.1, 0.15) is 6.04 Å². The van der Waals surface area contributed by atoms with Crippen LogP contribution in [0.1, 0.15) is 35.9 Å². The Labute approximate surface area is 139 Å². The number of aromatic nitrogens is 2. The predicted molar refractivity (Wildman–Crippen MR) is 90.8 cm³/mol. The fourth-order valence-electron chi connectivity index (χ4n) is 3.19. The Kier molecular flexibility index (Phi) is 3.78. The summed E-state index contributed by atoms with van der Waals surface area (Å²) >= 11 is 0. The summed E-state index contributed by atoms with van der Waals surface area (Å²) in [6, 6.07) is 15.5. The molecule has 5 heteroatoms. The average Bonchev–Trinajstić information content (AvgIpc) is 3.40. The molecule has 0 spiro atoms. The van der Waals surface area contributed by atoms with Crippen molar-refractivity contribution >= 4 is 16.8 Å². The summed E-state index contributed by atoms with van der Waals surface area (Å²) in [5.41, 5.74) is 5.04. The van der Waals surface area contributed by atoms with Crippen molar-refractivity contribution in [3.8, 4) is 0 Å². The molecular weight excluding hydrogens is 302 g/mol. The molecule has 24 heavy (non-hydrogen) atoms. The molecule has 5 nitrogen and oxygen atoms in total. The minimum absolute atomic E-state index is 0.463. The molecule has 0 radical (unpaired) electrons. The highest BCUT2D eigenvalue weighted by Crippen LogP contribution is 2.41. The van der Waals surface area contributed by atoms with E-state index in [1.165, 1.54) is 18.4 Å². The maximum Gasteiger partial charge on any atom is 0.268 e. The van der Waals surface area contributed by atoms with Gasteiger partial charge in [-0.3, -0.25) is 14.7 Å². The van der Waals surface area contributed by atoms with Gasteiger partial charge >= 0.3 is 0 Å². The third-order valence-corrected chi connectivity index (χ3v) is 4.65. The molecule has 1 aromatic heterocycles. The van der Waals surface area contributed by atoms with Crippen LogP contribution in [0.15, 0.2) is 54.7 Å². The Bertz CT molecular complexity index is 869. The second-order valence-electron chi connectivity index (χ2n) is 6.36. The van der Waals surface area contributed by atoms with Gasteiger partial charge in [0.2, 0.25) is 0 Å². The summed E-state index contributed by atoms with van der Waals surface area (Å²) < 4.78 is 1.70. The van der Waals surface area contributed by atoms with E-state index in [0.29, 0.717) is 12.3 Å². The molecule has 122 valence electrons. The van der Waals surface area contributed by atoms with Gasteiger partial charge in [0, 0.05) is 11.8 Å². The highest BCUT2D eigenvalue weighted by Gasteiger charge is 2.26. The number of amides is 1. The van der Waals surface area contributed by atoms with Gasteiger partial charge < -0.3 is 0 Å². The van der Waals surface area contributed by atoms with Crippen molar-refractivity contribution < 1.29 is 10.0 Å². The van der Waals surface area contributed by atoms with Gasteiger partial charge in [0.05, 0.1) is 11.7 Å². The normalized spacial score (nSPS) is 15.4. The summed E-state index contributed by atoms with van der Waals surface area (Å²) in [6.07, 6.45) is 4.77. The van der Waals surface area contributed by atoms with E-state index in [2.05, 4.69) is 17.2 Å². The Morgan fingerprint density at radius 3 is 2.75 bits per heavy atom. The first kappa shape index (κ1) is 14.9. The van der Waals surface area contributed by atoms with Crippen LogP contribution in [0.2, 0.25) is 0 Å². The Morgan fingerprint density at radius 1 is 1.25 bits per heavy atom. The molecule has 1 saturated carbocycles. The molecule has 1 heterocycles. The first-order chi connectivity index (χ1) is 11.8. The topological polar surface area (TPSA) is 67.2 Å². The van der Waals surface area contributed by atoms with Crippen LogP contribution >= 0.6 is 0 Å². The summed E-state index contributed by atoms with van der Waals surface area (Å²) in [7, 11) is 0. The van der Waals surface area contributed by atoms with Crippen molar-refractivity contribution in [1.82, 2.24) is 15.3 Å². The molecule has 4 rings (SSSR count). The lowest BCUT2D eigenvalue weighted by molar-refractivity contribution is -0.132. The molecule has 0 saturated heterocycles. The largest absolute Gasteiger partial charge is 0.289 e. The van der Waals surface area contributed by atoms with Gasteiger partial charge in [-0.05, 0) is 42.0 Å². The number of hydroxylamine groups is 1. The second kappa shape index (κ2) is 6.09. The molecular formula is C19H19N3O2. The zero-order chi connectivity index (χ0) is 16.5. The van der Waals surface area contributed by atoms with Crippen LogP contribution < -0.4 is 5.48 Å². The highest BCUT2D eigenvalue weighted by molar-refractivity contribution is 5.84. The summed E-state index contributed by atoms with van der Waals surface area (Å²) in [6.45, 7) is 0. The number of nitrogens with zero attached hydrogens (tertiary/aromatic N) is 2. The van der Waals surface area contributed by atoms with Crippen LogP contribution in [0.4, 0.5) is 0 Å². The Balaban J connectivity index is 1.71. The second-order valence-corrected chi connectivity index (χ2v) is 6.36. The monoisotopic (exact) mass is 321 g/mol. The third kappa shape index (κ3) is 2.78. The lowest BCUT2D eigenvalue weighted by Crippen LogP contribution is -2.32. The summed E-state index contributed by atoms with van der Waals surface area (Å²) in [4.78, 5) is 12.2. The lowest BCUT2D eigenvalue weighted by Gasteiger charge is -2.17. The van der Waals surface area contributed by atoms with E-state index in [0.717, 1.165) is 16.5 Å². The minimum atomic E-state index is -0.596. The summed E-state index contributed by atoms with van der Waals surface area (Å²) in [5, 5.41) is 14.6. The first-order valence-electron chi connectivity index (χ1n) is 8.21. The van der Waals surface area contributed by atoms with Crippen LogP contribution in [0.5, 0.6) is 0 Å². The summed E-state index contributed by atoms with van der Waals surface area (Å²) in [5.74, 6) is 0.216. The molecule has 1 aliphatic carbocycles. The number of nitrogens with one attached hydrogen (secondary N) is 1. The molecule has 0 aliphatic heterocycles. The molecule has 1 fully saturated rings. The van der Waals surface area contributed by atoms with Crippen molar-refractivity contribution in [2.45, 2.75) is 31.2 Å². The number of rotatable bonds is 5. The molecule has 1 atom stereocenters. The van der Waals surface area contributed by atoms with Crippen LogP contribution in [0, 0.1) is 0 Å². The first-order valence-corrected chi connectivity index (χ1v) is 8.21. The van der Waals surface area contributed by atoms with Crippen molar-refractivity contribution in [3.63, 3.8) is 0 Å². The van der Waals surface area contributed by atoms with Crippen molar-refractivity contribution in [1.29, 1.82) is 0 Å². The zero-order valence-electron chi connectivity index (χ0n) is 13.2. The molecule has 1 amide bonds. The van der Waals surface area contributed by atoms with Gasteiger partial charge in [-0.15, -0.1) is 0 Å². The molecule has 2 aromatic carbocycles. The number of hydrogen-bond acceptors (Lipinski definition) is 3. The van der Waals surface area contributed by atoms with Gasteiger partial charge in [-0.25, -0.2) is 5.48 Å². The standard InChI is InChI=1S/C19H19N3O2/c23-19(21-24)18(10-13-4-2-1-3-5-13)22-17-9-8-15(14-6-7-14)11-16(17)12-20-22/h1-5,8-9,11-12,14,18,24H,6-7,10H2,(H,21,23). The van der Waals surface area contributed by atoms with Crippen LogP contribution in [-0.2, 0) is 11.2 Å². The highest BCUT2D eigenvalue weighted by atomic mass is 16.5. The smallest absolute Gasteiger partial charge is 0.268 e. The minimum Gasteiger partial charge on any atom is -0.289 e. The molecule has 2 N–H and O–H groups in total. The van der Waals surface area contributed by atoms with Crippen molar-refractivity contribution in [2.24, 2.45) is 0 Å². The van der Waals surface area contributed by atoms with E-state index in [4.69, 9.17) is 5.21 Å². The van der Waals surface area contributed by atoms with Crippen molar-refractivity contribution in [2.75, 3.05) is 0 Å². The number of benzene rings is 2. The van der Waals surface area contributed by atoms with Gasteiger partial charge in [0.15, 0.2) is 0 Å². The number of carbonyl (C=O) groups excluding carboxylic acids is 1. The fourth-order valence-corrected chi connectivity index (χ4v) is 3.19. The van der Waals surface area contributed by atoms with Gasteiger partial charge in [-0.2, -0.15) is 5.10 Å². The third-order valence-electron chi connectivity index (χ3n) is 4.65. The SMILES string of the molecule is O=C(NO)C(Cc1ccccc1)n1ncc2cc(C3CC3)ccc21. The fraction of sp³-hybridized carbons (Fsp3) is 0.263. The number of fused-ring (bicyclic) bond motifs is 1. The molecule has 0 bridgehead atoms. The van der Waals surface area contributed by atoms with E-state index >= 15 is 0 Å². The quantitative estimate of drug-likeness (QED) is 0.560. The van der Waals surface area contributed by atoms with E-state index < -0.39 is 11.9 Å². The maximum atomic E-state index is 12.2. The zero-order valence-corrected chi connectivity index (χ0v) is 13.2. The van der Waals surface area contributed by atoms with E-state index in [-0.39, 0.29) is 0 Å². The Morgan fingerprint density at radius 2 is 2.04 bits per heavy atom. The van der Waals surface area contributed by atoms with Gasteiger partial charge in [-0.1, -0.05) is 36.4 Å². The van der Waals surface area contributed by atoms with E-state index in [9.17, 15) is 4.79 Å². The van der Waals surface area contributed by atoms with Crippen LogP contribution in [0.25, 0.3) is 10.9 Å². The number of carbonyl (C=O) groups is 1. The van der Waals surface area contributed by atoms with Crippen LogP contribution in [-0.4, -0.2) is 20.9 Å². The Hall–Kier alpha value is -2.66. The van der Waals surface area contributed by atoms with E-state index in [1.807, 2.05) is 36.4 Å². The maximum absolute atomic E-state index is 12.2. The molecule has 1 unspecified atom stereocenters. The average molecular weight is 321 g/mol. The van der Waals surface area contributed by atoms with Gasteiger partial charge in [0.25, 0.3) is 5.91 Å². The lowest BCUT2D eigenvalue weighted by atomic mass is 10.0. The molecule has 1 aliphatic rings. The molecule has 3 aromatic rings. The number of hydrogen-bond donors (Lipinski definition) is 2.